The first-order valence-electron chi connectivity index (χ1n) is 6.06. The van der Waals surface area contributed by atoms with Crippen LogP contribution in [0.15, 0.2) is 21.5 Å². The molecule has 9 heteroatoms. The highest BCUT2D eigenvalue weighted by molar-refractivity contribution is 9.10. The average Bonchev–Trinajstić information content (AvgIpc) is 2.53. The van der Waals surface area contributed by atoms with Crippen LogP contribution in [0.3, 0.4) is 0 Å². The number of halogens is 6. The van der Waals surface area contributed by atoms with Crippen molar-refractivity contribution in [1.29, 1.82) is 0 Å². The van der Waals surface area contributed by atoms with Crippen molar-refractivity contribution < 1.29 is 26.7 Å². The predicted molar refractivity (Wildman–Crippen MR) is 81.1 cm³/mol. The minimum Gasteiger partial charge on any atom is -0.494 e. The van der Waals surface area contributed by atoms with E-state index in [4.69, 9.17) is 4.74 Å². The predicted octanol–water partition coefficient (Wildman–Crippen LogP) is 5.58. The number of benzene rings is 2. The zero-order chi connectivity index (χ0) is 17.3. The minimum atomic E-state index is -1.77. The molecule has 0 spiro atoms. The molecule has 23 heavy (non-hydrogen) atoms. The summed E-state index contributed by atoms with van der Waals surface area (Å²) < 4.78 is 75.4. The van der Waals surface area contributed by atoms with E-state index in [1.165, 1.54) is 13.2 Å². The maximum absolute atomic E-state index is 13.9. The Bertz CT molecular complexity index is 743. The Kier molecular flexibility index (Phi) is 5.41. The van der Waals surface area contributed by atoms with Gasteiger partial charge in [0.25, 0.3) is 0 Å². The topological polar surface area (TPSA) is 21.3 Å². The maximum Gasteiger partial charge on any atom is 0.196 e. The van der Waals surface area contributed by atoms with E-state index in [2.05, 4.69) is 20.7 Å². The lowest BCUT2D eigenvalue weighted by atomic mass is 10.2. The second-order valence-electron chi connectivity index (χ2n) is 4.38. The van der Waals surface area contributed by atoms with Gasteiger partial charge in [0, 0.05) is 16.1 Å². The average molecular weight is 414 g/mol. The van der Waals surface area contributed by atoms with Crippen LogP contribution in [0, 0.1) is 36.0 Å². The van der Waals surface area contributed by atoms with E-state index in [1.54, 1.807) is 0 Å². The molecule has 0 amide bonds. The first-order chi connectivity index (χ1) is 10.8. The van der Waals surface area contributed by atoms with Crippen LogP contribution in [0.5, 0.6) is 5.75 Å². The lowest BCUT2D eigenvalue weighted by molar-refractivity contribution is 0.386. The van der Waals surface area contributed by atoms with Gasteiger partial charge in [-0.2, -0.15) is 0 Å². The molecule has 2 nitrogen and oxygen atoms in total. The SMILES string of the molecule is COc1cc(Br)c(NSc2c(F)c(C)c(F)c(F)c2F)cc1F. The van der Waals surface area contributed by atoms with Crippen LogP contribution in [0.1, 0.15) is 5.56 Å². The molecule has 124 valence electrons. The van der Waals surface area contributed by atoms with Gasteiger partial charge in [-0.25, -0.2) is 22.0 Å². The summed E-state index contributed by atoms with van der Waals surface area (Å²) in [6, 6.07) is 2.33. The zero-order valence-corrected chi connectivity index (χ0v) is 14.1. The lowest BCUT2D eigenvalue weighted by Crippen LogP contribution is -2.04. The number of nitrogens with one attached hydrogen (secondary N) is 1. The van der Waals surface area contributed by atoms with E-state index in [0.29, 0.717) is 16.4 Å². The van der Waals surface area contributed by atoms with Gasteiger partial charge >= 0.3 is 0 Å². The van der Waals surface area contributed by atoms with E-state index in [9.17, 15) is 22.0 Å². The Labute approximate surface area is 141 Å². The van der Waals surface area contributed by atoms with Gasteiger partial charge in [-0.05, 0) is 40.9 Å². The molecular formula is C14H9BrF5NOS. The van der Waals surface area contributed by atoms with Crippen LogP contribution in [0.25, 0.3) is 0 Å². The first kappa shape index (κ1) is 17.9. The molecule has 0 heterocycles. The van der Waals surface area contributed by atoms with Gasteiger partial charge in [-0.3, -0.25) is 0 Å². The molecule has 0 aliphatic carbocycles. The van der Waals surface area contributed by atoms with Crippen molar-refractivity contribution in [2.45, 2.75) is 11.8 Å². The second kappa shape index (κ2) is 6.96. The summed E-state index contributed by atoms with van der Waals surface area (Å²) in [4.78, 5) is -0.760. The van der Waals surface area contributed by atoms with E-state index in [-0.39, 0.29) is 11.4 Å². The van der Waals surface area contributed by atoms with E-state index in [1.807, 2.05) is 0 Å². The van der Waals surface area contributed by atoms with Crippen LogP contribution in [0.2, 0.25) is 0 Å². The number of ether oxygens (including phenoxy) is 1. The summed E-state index contributed by atoms with van der Waals surface area (Å²) in [5.41, 5.74) is -0.511. The van der Waals surface area contributed by atoms with Crippen molar-refractivity contribution in [3.8, 4) is 5.75 Å². The van der Waals surface area contributed by atoms with Crippen LogP contribution in [-0.2, 0) is 0 Å². The van der Waals surface area contributed by atoms with E-state index >= 15 is 0 Å². The van der Waals surface area contributed by atoms with E-state index < -0.39 is 39.5 Å². The van der Waals surface area contributed by atoms with Gasteiger partial charge in [-0.1, -0.05) is 0 Å². The third-order valence-corrected chi connectivity index (χ3v) is 4.49. The van der Waals surface area contributed by atoms with Gasteiger partial charge in [0.1, 0.15) is 10.7 Å². The van der Waals surface area contributed by atoms with Crippen LogP contribution < -0.4 is 9.46 Å². The fourth-order valence-electron chi connectivity index (χ4n) is 1.68. The molecule has 0 unspecified atom stereocenters. The second-order valence-corrected chi connectivity index (χ2v) is 6.05. The summed E-state index contributed by atoms with van der Waals surface area (Å²) in [6.07, 6.45) is 0. The van der Waals surface area contributed by atoms with Crippen LogP contribution in [-0.4, -0.2) is 7.11 Å². The van der Waals surface area contributed by atoms with Crippen LogP contribution >= 0.6 is 27.9 Å². The molecule has 0 aliphatic heterocycles. The zero-order valence-electron chi connectivity index (χ0n) is 11.7. The summed E-state index contributed by atoms with van der Waals surface area (Å²) in [5, 5.41) is 0. The van der Waals surface area contributed by atoms with E-state index in [0.717, 1.165) is 13.0 Å². The molecule has 0 saturated carbocycles. The van der Waals surface area contributed by atoms with Gasteiger partial charge in [0.05, 0.1) is 12.8 Å². The molecule has 2 rings (SSSR count). The Morgan fingerprint density at radius 2 is 1.65 bits per heavy atom. The molecule has 2 aromatic carbocycles. The highest BCUT2D eigenvalue weighted by Gasteiger charge is 2.24. The summed E-state index contributed by atoms with van der Waals surface area (Å²) in [7, 11) is 1.28. The van der Waals surface area contributed by atoms with Crippen molar-refractivity contribution in [1.82, 2.24) is 0 Å². The maximum atomic E-state index is 13.9. The molecule has 0 radical (unpaired) electrons. The molecule has 0 bridgehead atoms. The van der Waals surface area contributed by atoms with Crippen molar-refractivity contribution in [2.24, 2.45) is 0 Å². The third kappa shape index (κ3) is 3.40. The molecule has 0 fully saturated rings. The Hall–Kier alpha value is -1.48. The fraction of sp³-hybridized carbons (Fsp3) is 0.143. The molecule has 0 atom stereocenters. The number of hydrogen-bond acceptors (Lipinski definition) is 3. The Balaban J connectivity index is 2.34. The fourth-order valence-corrected chi connectivity index (χ4v) is 3.04. The number of rotatable bonds is 4. The monoisotopic (exact) mass is 413 g/mol. The molecule has 2 aromatic rings. The van der Waals surface area contributed by atoms with Gasteiger partial charge in [0.2, 0.25) is 0 Å². The van der Waals surface area contributed by atoms with Crippen LogP contribution in [0.4, 0.5) is 27.6 Å². The van der Waals surface area contributed by atoms with Crippen molar-refractivity contribution in [3.05, 3.63) is 51.3 Å². The number of methoxy groups -OCH3 is 1. The number of hydrogen-bond donors (Lipinski definition) is 1. The van der Waals surface area contributed by atoms with Crippen molar-refractivity contribution >= 4 is 33.6 Å². The molecule has 0 saturated heterocycles. The Morgan fingerprint density at radius 3 is 2.26 bits per heavy atom. The largest absolute Gasteiger partial charge is 0.494 e. The molecule has 1 N–H and O–H groups in total. The molecule has 0 aromatic heterocycles. The Morgan fingerprint density at radius 1 is 1.00 bits per heavy atom. The van der Waals surface area contributed by atoms with Gasteiger partial charge < -0.3 is 9.46 Å². The summed E-state index contributed by atoms with van der Waals surface area (Å²) in [5.74, 6) is -6.99. The molecular weight excluding hydrogens is 405 g/mol. The van der Waals surface area contributed by atoms with Crippen molar-refractivity contribution in [2.75, 3.05) is 11.8 Å². The van der Waals surface area contributed by atoms with Gasteiger partial charge in [-0.15, -0.1) is 0 Å². The van der Waals surface area contributed by atoms with Gasteiger partial charge in [0.15, 0.2) is 29.0 Å². The van der Waals surface area contributed by atoms with Crippen molar-refractivity contribution in [3.63, 3.8) is 0 Å². The standard InChI is InChI=1S/C14H9BrF5NOS/c1-5-10(17)12(19)13(20)14(11(5)18)23-21-8-4-7(16)9(22-2)3-6(8)15/h3-4,21H,1-2H3. The quantitative estimate of drug-likeness (QED) is 0.306. The summed E-state index contributed by atoms with van der Waals surface area (Å²) in [6.45, 7) is 0.986. The smallest absolute Gasteiger partial charge is 0.196 e. The first-order valence-corrected chi connectivity index (χ1v) is 7.67. The highest BCUT2D eigenvalue weighted by atomic mass is 79.9. The minimum absolute atomic E-state index is 0.0338. The number of anilines is 1. The molecule has 0 aliphatic rings. The highest BCUT2D eigenvalue weighted by Crippen LogP contribution is 2.36. The third-order valence-electron chi connectivity index (χ3n) is 2.95. The normalized spacial score (nSPS) is 10.8. The summed E-state index contributed by atoms with van der Waals surface area (Å²) >= 11 is 3.49. The lowest BCUT2D eigenvalue weighted by Gasteiger charge is -2.12.